The lowest BCUT2D eigenvalue weighted by Gasteiger charge is -2.34. The maximum absolute atomic E-state index is 12.4. The van der Waals surface area contributed by atoms with E-state index in [1.165, 1.54) is 0 Å². The van der Waals surface area contributed by atoms with E-state index in [-0.39, 0.29) is 17.3 Å². The Labute approximate surface area is 144 Å². The van der Waals surface area contributed by atoms with Crippen LogP contribution in [0.25, 0.3) is 0 Å². The molecule has 1 fully saturated rings. The second kappa shape index (κ2) is 8.73. The molecule has 1 aromatic rings. The zero-order valence-electron chi connectivity index (χ0n) is 14.7. The fourth-order valence-electron chi connectivity index (χ4n) is 3.31. The van der Waals surface area contributed by atoms with Gasteiger partial charge in [-0.25, -0.2) is 0 Å². The van der Waals surface area contributed by atoms with Crippen molar-refractivity contribution < 1.29 is 14.3 Å². The summed E-state index contributed by atoms with van der Waals surface area (Å²) in [6.07, 6.45) is 6.21. The molecule has 2 rings (SSSR count). The molecule has 0 spiro atoms. The van der Waals surface area contributed by atoms with E-state index in [1.54, 1.807) is 24.3 Å². The van der Waals surface area contributed by atoms with Crippen molar-refractivity contribution in [1.82, 2.24) is 0 Å². The molecule has 0 aliphatic heterocycles. The molecule has 0 amide bonds. The number of benzene rings is 1. The minimum Gasteiger partial charge on any atom is -0.494 e. The first-order chi connectivity index (χ1) is 11.6. The summed E-state index contributed by atoms with van der Waals surface area (Å²) < 4.78 is 10.9. The minimum absolute atomic E-state index is 0.0975. The fraction of sp³-hybridized carbons (Fsp3) is 0.600. The van der Waals surface area contributed by atoms with Gasteiger partial charge in [0.25, 0.3) is 0 Å². The molecule has 24 heavy (non-hydrogen) atoms. The predicted molar refractivity (Wildman–Crippen MR) is 92.8 cm³/mol. The Morgan fingerprint density at radius 3 is 2.38 bits per heavy atom. The third-order valence-electron chi connectivity index (χ3n) is 4.88. The van der Waals surface area contributed by atoms with Crippen LogP contribution >= 0.6 is 0 Å². The van der Waals surface area contributed by atoms with Crippen LogP contribution in [0.5, 0.6) is 11.5 Å². The molecule has 4 nitrogen and oxygen atoms in total. The Hall–Kier alpha value is -2.02. The number of unbranched alkanes of at least 4 members (excludes halogenated alkanes) is 1. The molecular formula is C20H27NO3. The van der Waals surface area contributed by atoms with Gasteiger partial charge in [-0.15, -0.1) is 0 Å². The molecule has 0 bridgehead atoms. The van der Waals surface area contributed by atoms with Gasteiger partial charge in [-0.05, 0) is 63.3 Å². The van der Waals surface area contributed by atoms with Crippen LogP contribution < -0.4 is 9.47 Å². The third-order valence-corrected chi connectivity index (χ3v) is 4.88. The van der Waals surface area contributed by atoms with Crippen LogP contribution in [0.1, 0.15) is 58.8 Å². The van der Waals surface area contributed by atoms with Crippen LogP contribution in [0.3, 0.4) is 0 Å². The Kier molecular flexibility index (Phi) is 6.66. The molecule has 1 saturated carbocycles. The van der Waals surface area contributed by atoms with Crippen LogP contribution in [-0.2, 0) is 4.79 Å². The molecule has 0 aromatic heterocycles. The van der Waals surface area contributed by atoms with Gasteiger partial charge < -0.3 is 9.47 Å². The number of carbonyl (C=O) groups is 1. The van der Waals surface area contributed by atoms with E-state index in [9.17, 15) is 10.1 Å². The predicted octanol–water partition coefficient (Wildman–Crippen LogP) is 4.88. The molecule has 0 N–H and O–H groups in total. The average Bonchev–Trinajstić information content (AvgIpc) is 2.62. The lowest BCUT2D eigenvalue weighted by atomic mass is 9.69. The summed E-state index contributed by atoms with van der Waals surface area (Å²) in [7, 11) is 0. The van der Waals surface area contributed by atoms with Gasteiger partial charge in [0.2, 0.25) is 0 Å². The number of ether oxygens (including phenoxy) is 2. The second-order valence-electron chi connectivity index (χ2n) is 6.60. The van der Waals surface area contributed by atoms with Crippen molar-refractivity contribution in [3.05, 3.63) is 24.3 Å². The molecule has 0 heterocycles. The largest absolute Gasteiger partial charge is 0.494 e. The van der Waals surface area contributed by atoms with Crippen molar-refractivity contribution in [2.24, 2.45) is 11.3 Å². The standard InChI is InChI=1S/C20H27NO3/c1-3-5-12-20(15-21)13-10-16(11-14-20)19(22)24-18-8-6-17(7-9-18)23-4-2/h6-9,16H,3-5,10-14H2,1-2H3/t16-,20+. The van der Waals surface area contributed by atoms with Crippen molar-refractivity contribution in [2.45, 2.75) is 58.8 Å². The number of carbonyl (C=O) groups excluding carboxylic acids is 1. The first kappa shape index (κ1) is 18.3. The van der Waals surface area contributed by atoms with Gasteiger partial charge in [-0.3, -0.25) is 4.79 Å². The first-order valence-electron chi connectivity index (χ1n) is 8.98. The van der Waals surface area contributed by atoms with Crippen molar-refractivity contribution in [3.8, 4) is 17.6 Å². The number of esters is 1. The summed E-state index contributed by atoms with van der Waals surface area (Å²) in [6.45, 7) is 4.68. The van der Waals surface area contributed by atoms with E-state index in [0.29, 0.717) is 12.4 Å². The number of hydrogen-bond donors (Lipinski definition) is 0. The van der Waals surface area contributed by atoms with Gasteiger partial charge in [-0.1, -0.05) is 19.8 Å². The number of hydrogen-bond acceptors (Lipinski definition) is 4. The summed E-state index contributed by atoms with van der Waals surface area (Å²) in [5, 5.41) is 9.52. The van der Waals surface area contributed by atoms with Gasteiger partial charge in [0.1, 0.15) is 11.5 Å². The molecular weight excluding hydrogens is 302 g/mol. The lowest BCUT2D eigenvalue weighted by molar-refractivity contribution is -0.140. The van der Waals surface area contributed by atoms with Gasteiger partial charge >= 0.3 is 5.97 Å². The smallest absolute Gasteiger partial charge is 0.314 e. The summed E-state index contributed by atoms with van der Waals surface area (Å²) in [4.78, 5) is 12.4. The highest BCUT2D eigenvalue weighted by Crippen LogP contribution is 2.42. The topological polar surface area (TPSA) is 59.3 Å². The zero-order valence-corrected chi connectivity index (χ0v) is 14.7. The Balaban J connectivity index is 1.87. The van der Waals surface area contributed by atoms with Gasteiger partial charge in [-0.2, -0.15) is 5.26 Å². The van der Waals surface area contributed by atoms with Crippen LogP contribution in [-0.4, -0.2) is 12.6 Å². The van der Waals surface area contributed by atoms with Gasteiger partial charge in [0.05, 0.1) is 24.0 Å². The van der Waals surface area contributed by atoms with E-state index in [4.69, 9.17) is 9.47 Å². The van der Waals surface area contributed by atoms with Crippen molar-refractivity contribution in [1.29, 1.82) is 5.26 Å². The van der Waals surface area contributed by atoms with Gasteiger partial charge in [0, 0.05) is 0 Å². The highest BCUT2D eigenvalue weighted by Gasteiger charge is 2.37. The highest BCUT2D eigenvalue weighted by atomic mass is 16.5. The molecule has 1 aromatic carbocycles. The van der Waals surface area contributed by atoms with Crippen molar-refractivity contribution in [3.63, 3.8) is 0 Å². The van der Waals surface area contributed by atoms with E-state index in [0.717, 1.165) is 50.7 Å². The molecule has 0 unspecified atom stereocenters. The quantitative estimate of drug-likeness (QED) is 0.528. The normalized spacial score (nSPS) is 23.3. The number of nitriles is 1. The van der Waals surface area contributed by atoms with Crippen LogP contribution in [0, 0.1) is 22.7 Å². The van der Waals surface area contributed by atoms with Gasteiger partial charge in [0.15, 0.2) is 0 Å². The summed E-state index contributed by atoms with van der Waals surface area (Å²) in [5.41, 5.74) is -0.230. The molecule has 0 saturated heterocycles. The Bertz CT molecular complexity index is 566. The highest BCUT2D eigenvalue weighted by molar-refractivity contribution is 5.75. The van der Waals surface area contributed by atoms with Crippen molar-refractivity contribution >= 4 is 5.97 Å². The van der Waals surface area contributed by atoms with E-state index >= 15 is 0 Å². The summed E-state index contributed by atoms with van der Waals surface area (Å²) in [5.74, 6) is 1.04. The fourth-order valence-corrected chi connectivity index (χ4v) is 3.31. The Morgan fingerprint density at radius 2 is 1.83 bits per heavy atom. The van der Waals surface area contributed by atoms with Crippen molar-refractivity contribution in [2.75, 3.05) is 6.61 Å². The molecule has 0 atom stereocenters. The van der Waals surface area contributed by atoms with Crippen LogP contribution in [0.4, 0.5) is 0 Å². The Morgan fingerprint density at radius 1 is 1.21 bits per heavy atom. The maximum atomic E-state index is 12.4. The summed E-state index contributed by atoms with van der Waals surface area (Å²) >= 11 is 0. The van der Waals surface area contributed by atoms with E-state index < -0.39 is 0 Å². The lowest BCUT2D eigenvalue weighted by Crippen LogP contribution is -2.31. The number of nitrogens with zero attached hydrogens (tertiary/aromatic N) is 1. The average molecular weight is 329 g/mol. The van der Waals surface area contributed by atoms with E-state index in [2.05, 4.69) is 13.0 Å². The third kappa shape index (κ3) is 4.74. The molecule has 130 valence electrons. The SMILES string of the molecule is CCCC[C@]1(C#N)CC[C@@H](C(=O)Oc2ccc(OCC)cc2)CC1. The summed E-state index contributed by atoms with van der Waals surface area (Å²) in [6, 6.07) is 9.63. The van der Waals surface area contributed by atoms with Crippen LogP contribution in [0.2, 0.25) is 0 Å². The molecule has 0 radical (unpaired) electrons. The molecule has 1 aliphatic carbocycles. The zero-order chi connectivity index (χ0) is 17.4. The first-order valence-corrected chi connectivity index (χ1v) is 8.98. The van der Waals surface area contributed by atoms with E-state index in [1.807, 2.05) is 6.92 Å². The maximum Gasteiger partial charge on any atom is 0.314 e. The monoisotopic (exact) mass is 329 g/mol. The minimum atomic E-state index is -0.230. The van der Waals surface area contributed by atoms with Crippen LogP contribution in [0.15, 0.2) is 24.3 Å². The second-order valence-corrected chi connectivity index (χ2v) is 6.60. The molecule has 1 aliphatic rings. The number of rotatable bonds is 7. The molecule has 4 heteroatoms.